The standard InChI is InChI=1S/C17H21N3O/c1-21-16-6-4-5-15(13-16)14-19-9-11-20(12-10-19)17-7-2-3-8-18-17/h2-8,13H,9-12,14H2,1H3. The van der Waals surface area contributed by atoms with Crippen molar-refractivity contribution in [3.8, 4) is 5.75 Å². The quantitative estimate of drug-likeness (QED) is 0.861. The average molecular weight is 283 g/mol. The third-order valence-corrected chi connectivity index (χ3v) is 3.89. The fraction of sp³-hybridized carbons (Fsp3) is 0.353. The highest BCUT2D eigenvalue weighted by atomic mass is 16.5. The molecule has 0 bridgehead atoms. The minimum atomic E-state index is 0.930. The van der Waals surface area contributed by atoms with Crippen LogP contribution in [0.1, 0.15) is 5.56 Å². The van der Waals surface area contributed by atoms with E-state index >= 15 is 0 Å². The number of piperazine rings is 1. The Bertz CT molecular complexity index is 565. The minimum Gasteiger partial charge on any atom is -0.497 e. The van der Waals surface area contributed by atoms with Crippen molar-refractivity contribution in [1.82, 2.24) is 9.88 Å². The van der Waals surface area contributed by atoms with Gasteiger partial charge in [-0.1, -0.05) is 18.2 Å². The van der Waals surface area contributed by atoms with Crippen molar-refractivity contribution in [2.75, 3.05) is 38.2 Å². The second-order valence-corrected chi connectivity index (χ2v) is 5.30. The molecule has 0 saturated carbocycles. The molecule has 0 spiro atoms. The number of ether oxygens (including phenoxy) is 1. The van der Waals surface area contributed by atoms with Gasteiger partial charge in [-0.15, -0.1) is 0 Å². The highest BCUT2D eigenvalue weighted by molar-refractivity contribution is 5.38. The summed E-state index contributed by atoms with van der Waals surface area (Å²) in [5.74, 6) is 2.01. The summed E-state index contributed by atoms with van der Waals surface area (Å²) in [6, 6.07) is 14.4. The Labute approximate surface area is 126 Å². The smallest absolute Gasteiger partial charge is 0.128 e. The lowest BCUT2D eigenvalue weighted by Gasteiger charge is -2.35. The van der Waals surface area contributed by atoms with Crippen molar-refractivity contribution in [2.24, 2.45) is 0 Å². The third kappa shape index (κ3) is 3.52. The van der Waals surface area contributed by atoms with Gasteiger partial charge in [0.2, 0.25) is 0 Å². The fourth-order valence-corrected chi connectivity index (χ4v) is 2.70. The summed E-state index contributed by atoms with van der Waals surface area (Å²) < 4.78 is 5.28. The molecule has 110 valence electrons. The summed E-state index contributed by atoms with van der Waals surface area (Å²) in [5.41, 5.74) is 1.31. The highest BCUT2D eigenvalue weighted by Crippen LogP contribution is 2.17. The zero-order chi connectivity index (χ0) is 14.5. The molecule has 2 aromatic rings. The SMILES string of the molecule is COc1cccc(CN2CCN(c3ccccn3)CC2)c1. The predicted octanol–water partition coefficient (Wildman–Crippen LogP) is 2.41. The van der Waals surface area contributed by atoms with Gasteiger partial charge in [-0.25, -0.2) is 4.98 Å². The molecular formula is C17H21N3O. The molecule has 1 aromatic carbocycles. The van der Waals surface area contributed by atoms with Crippen molar-refractivity contribution in [3.05, 3.63) is 54.2 Å². The Morgan fingerprint density at radius 1 is 1.05 bits per heavy atom. The Hall–Kier alpha value is -2.07. The van der Waals surface area contributed by atoms with Crippen molar-refractivity contribution in [3.63, 3.8) is 0 Å². The topological polar surface area (TPSA) is 28.6 Å². The number of methoxy groups -OCH3 is 1. The van der Waals surface area contributed by atoms with E-state index in [4.69, 9.17) is 4.74 Å². The molecule has 3 rings (SSSR count). The highest BCUT2D eigenvalue weighted by Gasteiger charge is 2.17. The molecule has 4 nitrogen and oxygen atoms in total. The Balaban J connectivity index is 1.56. The molecule has 1 aliphatic rings. The average Bonchev–Trinajstić information content (AvgIpc) is 2.56. The van der Waals surface area contributed by atoms with Gasteiger partial charge in [0, 0.05) is 38.9 Å². The van der Waals surface area contributed by atoms with Crippen LogP contribution in [0, 0.1) is 0 Å². The van der Waals surface area contributed by atoms with Gasteiger partial charge in [0.1, 0.15) is 11.6 Å². The number of nitrogens with zero attached hydrogens (tertiary/aromatic N) is 3. The van der Waals surface area contributed by atoms with E-state index in [0.717, 1.165) is 44.3 Å². The largest absolute Gasteiger partial charge is 0.497 e. The monoisotopic (exact) mass is 283 g/mol. The van der Waals surface area contributed by atoms with Crippen LogP contribution in [0.5, 0.6) is 5.75 Å². The minimum absolute atomic E-state index is 0.930. The summed E-state index contributed by atoms with van der Waals surface area (Å²) in [4.78, 5) is 9.25. The van der Waals surface area contributed by atoms with Crippen LogP contribution in [-0.4, -0.2) is 43.2 Å². The normalized spacial score (nSPS) is 16.0. The van der Waals surface area contributed by atoms with Crippen LogP contribution in [0.2, 0.25) is 0 Å². The van der Waals surface area contributed by atoms with Gasteiger partial charge in [0.25, 0.3) is 0 Å². The Morgan fingerprint density at radius 3 is 2.62 bits per heavy atom. The van der Waals surface area contributed by atoms with Crippen LogP contribution in [-0.2, 0) is 6.54 Å². The summed E-state index contributed by atoms with van der Waals surface area (Å²) in [6.45, 7) is 5.16. The van der Waals surface area contributed by atoms with Gasteiger partial charge in [-0.2, -0.15) is 0 Å². The van der Waals surface area contributed by atoms with Crippen LogP contribution in [0.4, 0.5) is 5.82 Å². The van der Waals surface area contributed by atoms with Gasteiger partial charge in [-0.3, -0.25) is 4.90 Å². The van der Waals surface area contributed by atoms with E-state index in [0.29, 0.717) is 0 Å². The number of aromatic nitrogens is 1. The molecule has 0 radical (unpaired) electrons. The van der Waals surface area contributed by atoms with E-state index in [9.17, 15) is 0 Å². The second kappa shape index (κ2) is 6.59. The number of anilines is 1. The molecule has 0 aliphatic carbocycles. The van der Waals surface area contributed by atoms with Gasteiger partial charge in [0.15, 0.2) is 0 Å². The zero-order valence-electron chi connectivity index (χ0n) is 12.4. The van der Waals surface area contributed by atoms with E-state index in [2.05, 4.69) is 39.0 Å². The lowest BCUT2D eigenvalue weighted by Crippen LogP contribution is -2.46. The summed E-state index contributed by atoms with van der Waals surface area (Å²) in [7, 11) is 1.71. The predicted molar refractivity (Wildman–Crippen MR) is 84.7 cm³/mol. The van der Waals surface area contributed by atoms with E-state index in [-0.39, 0.29) is 0 Å². The van der Waals surface area contributed by atoms with E-state index in [1.54, 1.807) is 7.11 Å². The van der Waals surface area contributed by atoms with Crippen LogP contribution < -0.4 is 9.64 Å². The van der Waals surface area contributed by atoms with Crippen molar-refractivity contribution in [1.29, 1.82) is 0 Å². The van der Waals surface area contributed by atoms with Crippen molar-refractivity contribution in [2.45, 2.75) is 6.54 Å². The lowest BCUT2D eigenvalue weighted by atomic mass is 10.2. The number of hydrogen-bond donors (Lipinski definition) is 0. The maximum atomic E-state index is 5.28. The molecule has 0 N–H and O–H groups in total. The third-order valence-electron chi connectivity index (χ3n) is 3.89. The van der Waals surface area contributed by atoms with E-state index in [1.807, 2.05) is 24.4 Å². The Kier molecular flexibility index (Phi) is 4.36. The first-order chi connectivity index (χ1) is 10.3. The zero-order valence-corrected chi connectivity index (χ0v) is 12.4. The van der Waals surface area contributed by atoms with Gasteiger partial charge >= 0.3 is 0 Å². The van der Waals surface area contributed by atoms with Crippen LogP contribution in [0.15, 0.2) is 48.7 Å². The first-order valence-corrected chi connectivity index (χ1v) is 7.36. The lowest BCUT2D eigenvalue weighted by molar-refractivity contribution is 0.249. The number of rotatable bonds is 4. The molecule has 21 heavy (non-hydrogen) atoms. The van der Waals surface area contributed by atoms with E-state index < -0.39 is 0 Å². The number of pyridine rings is 1. The molecule has 0 amide bonds. The molecular weight excluding hydrogens is 262 g/mol. The summed E-state index contributed by atoms with van der Waals surface area (Å²) >= 11 is 0. The van der Waals surface area contributed by atoms with Gasteiger partial charge in [0.05, 0.1) is 7.11 Å². The summed E-state index contributed by atoms with van der Waals surface area (Å²) in [6.07, 6.45) is 1.86. The molecule has 0 unspecified atom stereocenters. The molecule has 1 aliphatic heterocycles. The van der Waals surface area contributed by atoms with Crippen LogP contribution in [0.3, 0.4) is 0 Å². The maximum absolute atomic E-state index is 5.28. The summed E-state index contributed by atoms with van der Waals surface area (Å²) in [5, 5.41) is 0. The molecule has 2 heterocycles. The molecule has 1 saturated heterocycles. The first kappa shape index (κ1) is 13.9. The van der Waals surface area contributed by atoms with Crippen molar-refractivity contribution < 1.29 is 4.74 Å². The number of hydrogen-bond acceptors (Lipinski definition) is 4. The van der Waals surface area contributed by atoms with Crippen LogP contribution >= 0.6 is 0 Å². The van der Waals surface area contributed by atoms with Gasteiger partial charge < -0.3 is 9.64 Å². The van der Waals surface area contributed by atoms with Gasteiger partial charge in [-0.05, 0) is 29.8 Å². The van der Waals surface area contributed by atoms with E-state index in [1.165, 1.54) is 5.56 Å². The molecule has 0 atom stereocenters. The van der Waals surface area contributed by atoms with Crippen molar-refractivity contribution >= 4 is 5.82 Å². The molecule has 1 fully saturated rings. The Morgan fingerprint density at radius 2 is 1.90 bits per heavy atom. The maximum Gasteiger partial charge on any atom is 0.128 e. The molecule has 4 heteroatoms. The molecule has 1 aromatic heterocycles. The fourth-order valence-electron chi connectivity index (χ4n) is 2.70. The second-order valence-electron chi connectivity index (χ2n) is 5.30. The first-order valence-electron chi connectivity index (χ1n) is 7.36. The van der Waals surface area contributed by atoms with Crippen LogP contribution in [0.25, 0.3) is 0 Å². The number of benzene rings is 1.